The van der Waals surface area contributed by atoms with Crippen LogP contribution < -0.4 is 15.8 Å². The largest absolute Gasteiger partial charge is 0.487 e. The third-order valence-electron chi connectivity index (χ3n) is 4.78. The molecule has 1 unspecified atom stereocenters. The van der Waals surface area contributed by atoms with E-state index in [4.69, 9.17) is 26.3 Å². The summed E-state index contributed by atoms with van der Waals surface area (Å²) in [5.74, 6) is 6.01. The maximum absolute atomic E-state index is 13.4. The van der Waals surface area contributed by atoms with Gasteiger partial charge in [0.25, 0.3) is 10.1 Å². The van der Waals surface area contributed by atoms with Crippen molar-refractivity contribution in [2.24, 2.45) is 5.73 Å². The van der Waals surface area contributed by atoms with Gasteiger partial charge in [0, 0.05) is 11.7 Å². The van der Waals surface area contributed by atoms with Gasteiger partial charge in [-0.1, -0.05) is 35.6 Å². The summed E-state index contributed by atoms with van der Waals surface area (Å²) in [6, 6.07) is 12.6. The summed E-state index contributed by atoms with van der Waals surface area (Å²) in [6.07, 6.45) is 1.43. The Balaban J connectivity index is 1.43. The summed E-state index contributed by atoms with van der Waals surface area (Å²) in [5, 5.41) is 3.60. The standard InChI is InChI=1S/C25H22ClFN4O4S2/c1-16(28)14-37(32,33)35-9-3-6-20-12-22-24(36-20)25(30-15-29-22)31-19-7-8-23(21(26)11-19)34-13-17-4-2-5-18(27)10-17/h2,4-5,7-8,10-12,15-16H,9,13-14,28H2,1H3,(H,29,30,31). The molecule has 4 rings (SSSR count). The zero-order valence-corrected chi connectivity index (χ0v) is 22.0. The van der Waals surface area contributed by atoms with Crippen molar-refractivity contribution in [2.45, 2.75) is 19.6 Å². The molecule has 8 nitrogen and oxygen atoms in total. The molecule has 2 heterocycles. The van der Waals surface area contributed by atoms with Crippen molar-refractivity contribution >= 4 is 54.8 Å². The van der Waals surface area contributed by atoms with Crippen molar-refractivity contribution in [1.82, 2.24) is 9.97 Å². The molecule has 0 fully saturated rings. The lowest BCUT2D eigenvalue weighted by Gasteiger charge is -2.11. The number of fused-ring (bicyclic) bond motifs is 1. The SMILES string of the molecule is CC(N)CS(=O)(=O)OCC#Cc1cc2ncnc(Nc3ccc(OCc4cccc(F)c4)c(Cl)c3)c2s1. The lowest BCUT2D eigenvalue weighted by Crippen LogP contribution is -2.27. The number of nitrogens with one attached hydrogen (secondary N) is 1. The van der Waals surface area contributed by atoms with Crippen LogP contribution in [0.1, 0.15) is 17.4 Å². The summed E-state index contributed by atoms with van der Waals surface area (Å²) >= 11 is 7.75. The minimum absolute atomic E-state index is 0.179. The molecule has 0 aliphatic rings. The van der Waals surface area contributed by atoms with Crippen molar-refractivity contribution in [2.75, 3.05) is 17.7 Å². The summed E-state index contributed by atoms with van der Waals surface area (Å²) in [6.45, 7) is 1.49. The molecule has 0 bridgehead atoms. The van der Waals surface area contributed by atoms with E-state index in [-0.39, 0.29) is 24.8 Å². The fraction of sp³-hybridized carbons (Fsp3) is 0.200. The van der Waals surface area contributed by atoms with Gasteiger partial charge in [0.05, 0.1) is 25.9 Å². The van der Waals surface area contributed by atoms with Gasteiger partial charge in [-0.05, 0) is 48.9 Å². The number of hydrogen-bond donors (Lipinski definition) is 2. The Morgan fingerprint density at radius 2 is 2.05 bits per heavy atom. The van der Waals surface area contributed by atoms with Crippen LogP contribution in [0.25, 0.3) is 10.2 Å². The molecule has 192 valence electrons. The number of anilines is 2. The highest BCUT2D eigenvalue weighted by molar-refractivity contribution is 7.86. The van der Waals surface area contributed by atoms with Crippen LogP contribution in [0.15, 0.2) is 54.9 Å². The van der Waals surface area contributed by atoms with Gasteiger partial charge in [-0.25, -0.2) is 14.4 Å². The fourth-order valence-corrected chi connectivity index (χ4v) is 5.38. The Morgan fingerprint density at radius 1 is 1.22 bits per heavy atom. The Morgan fingerprint density at radius 3 is 2.81 bits per heavy atom. The van der Waals surface area contributed by atoms with Crippen LogP contribution in [0.5, 0.6) is 5.75 Å². The molecular weight excluding hydrogens is 539 g/mol. The van der Waals surface area contributed by atoms with E-state index in [0.717, 1.165) is 4.70 Å². The lowest BCUT2D eigenvalue weighted by molar-refractivity contribution is 0.306. The first-order valence-corrected chi connectivity index (χ1v) is 13.8. The second-order valence-electron chi connectivity index (χ2n) is 8.00. The summed E-state index contributed by atoms with van der Waals surface area (Å²) in [4.78, 5) is 9.27. The van der Waals surface area contributed by atoms with Crippen LogP contribution in [0.3, 0.4) is 0 Å². The summed E-state index contributed by atoms with van der Waals surface area (Å²) in [7, 11) is -3.72. The highest BCUT2D eigenvalue weighted by atomic mass is 35.5. The quantitative estimate of drug-likeness (QED) is 0.220. The third kappa shape index (κ3) is 7.61. The van der Waals surface area contributed by atoms with Gasteiger partial charge in [-0.3, -0.25) is 4.18 Å². The van der Waals surface area contributed by atoms with Crippen LogP contribution in [0.4, 0.5) is 15.9 Å². The van der Waals surface area contributed by atoms with Gasteiger partial charge in [0.1, 0.15) is 31.1 Å². The molecule has 0 aliphatic carbocycles. The number of benzene rings is 2. The first-order chi connectivity index (χ1) is 17.7. The molecule has 0 saturated heterocycles. The molecule has 1 atom stereocenters. The normalized spacial score (nSPS) is 12.1. The van der Waals surface area contributed by atoms with Crippen molar-refractivity contribution in [3.05, 3.63) is 76.1 Å². The molecular formula is C25H22ClFN4O4S2. The van der Waals surface area contributed by atoms with E-state index in [1.165, 1.54) is 29.8 Å². The van der Waals surface area contributed by atoms with Crippen molar-refractivity contribution in [1.29, 1.82) is 0 Å². The number of aromatic nitrogens is 2. The highest BCUT2D eigenvalue weighted by Gasteiger charge is 2.13. The number of nitrogens with zero attached hydrogens (tertiary/aromatic N) is 2. The Kier molecular flexibility index (Phi) is 8.58. The third-order valence-corrected chi connectivity index (χ3v) is 7.53. The summed E-state index contributed by atoms with van der Waals surface area (Å²) < 4.78 is 48.2. The van der Waals surface area contributed by atoms with Gasteiger partial charge in [-0.15, -0.1) is 11.3 Å². The second kappa shape index (κ2) is 11.9. The van der Waals surface area contributed by atoms with Gasteiger partial charge >= 0.3 is 0 Å². The highest BCUT2D eigenvalue weighted by Crippen LogP contribution is 2.33. The first kappa shape index (κ1) is 26.8. The van der Waals surface area contributed by atoms with Crippen LogP contribution in [-0.4, -0.2) is 36.8 Å². The first-order valence-electron chi connectivity index (χ1n) is 11.0. The Bertz CT molecular complexity index is 1580. The molecule has 0 aliphatic heterocycles. The number of halogens is 2. The molecule has 12 heteroatoms. The predicted octanol–water partition coefficient (Wildman–Crippen LogP) is 4.85. The molecule has 0 radical (unpaired) electrons. The van der Waals surface area contributed by atoms with E-state index in [1.54, 1.807) is 43.3 Å². The average molecular weight is 561 g/mol. The van der Waals surface area contributed by atoms with Crippen LogP contribution in [-0.2, 0) is 20.9 Å². The molecule has 37 heavy (non-hydrogen) atoms. The van der Waals surface area contributed by atoms with E-state index >= 15 is 0 Å². The minimum atomic E-state index is -3.72. The van der Waals surface area contributed by atoms with E-state index in [9.17, 15) is 12.8 Å². The zero-order chi connectivity index (χ0) is 26.4. The van der Waals surface area contributed by atoms with E-state index in [2.05, 4.69) is 27.1 Å². The predicted molar refractivity (Wildman–Crippen MR) is 143 cm³/mol. The zero-order valence-electron chi connectivity index (χ0n) is 19.6. The van der Waals surface area contributed by atoms with E-state index < -0.39 is 16.2 Å². The molecule has 2 aromatic heterocycles. The maximum Gasteiger partial charge on any atom is 0.269 e. The molecule has 0 saturated carbocycles. The maximum atomic E-state index is 13.4. The minimum Gasteiger partial charge on any atom is -0.487 e. The van der Waals surface area contributed by atoms with Gasteiger partial charge in [-0.2, -0.15) is 8.42 Å². The summed E-state index contributed by atoms with van der Waals surface area (Å²) in [5.41, 5.74) is 7.55. The molecule has 4 aromatic rings. The molecule has 0 amide bonds. The molecule has 0 spiro atoms. The lowest BCUT2D eigenvalue weighted by atomic mass is 10.2. The van der Waals surface area contributed by atoms with Crippen LogP contribution >= 0.6 is 22.9 Å². The van der Waals surface area contributed by atoms with Crippen molar-refractivity contribution in [3.8, 4) is 17.6 Å². The Labute approximate surface area is 222 Å². The smallest absolute Gasteiger partial charge is 0.269 e. The van der Waals surface area contributed by atoms with E-state index in [1.807, 2.05) is 0 Å². The average Bonchev–Trinajstić information content (AvgIpc) is 3.25. The number of hydrogen-bond acceptors (Lipinski definition) is 9. The number of nitrogens with two attached hydrogens (primary N) is 1. The van der Waals surface area contributed by atoms with Gasteiger partial charge < -0.3 is 15.8 Å². The second-order valence-corrected chi connectivity index (χ2v) is 11.1. The number of ether oxygens (including phenoxy) is 1. The number of thiophene rings is 1. The van der Waals surface area contributed by atoms with Crippen molar-refractivity contribution < 1.29 is 21.7 Å². The van der Waals surface area contributed by atoms with Crippen LogP contribution in [0.2, 0.25) is 5.02 Å². The van der Waals surface area contributed by atoms with Gasteiger partial charge in [0.15, 0.2) is 5.82 Å². The molecule has 2 aromatic carbocycles. The van der Waals surface area contributed by atoms with E-state index in [0.29, 0.717) is 38.2 Å². The Hall–Kier alpha value is -3.27. The number of rotatable bonds is 9. The van der Waals surface area contributed by atoms with Crippen molar-refractivity contribution in [3.63, 3.8) is 0 Å². The van der Waals surface area contributed by atoms with Crippen LogP contribution in [0, 0.1) is 17.7 Å². The fourth-order valence-electron chi connectivity index (χ4n) is 3.24. The monoisotopic (exact) mass is 560 g/mol. The van der Waals surface area contributed by atoms with Gasteiger partial charge in [0.2, 0.25) is 0 Å². The molecule has 3 N–H and O–H groups in total. The topological polar surface area (TPSA) is 116 Å².